The summed E-state index contributed by atoms with van der Waals surface area (Å²) in [6.07, 6.45) is -3.77. The summed E-state index contributed by atoms with van der Waals surface area (Å²) in [4.78, 5) is 7.32. The van der Waals surface area contributed by atoms with Crippen molar-refractivity contribution in [3.63, 3.8) is 0 Å². The number of rotatable bonds is 6. The Morgan fingerprint density at radius 3 is 2.11 bits per heavy atom. The maximum Gasteiger partial charge on any atom is 0.324 e. The molecule has 0 aromatic carbocycles. The lowest BCUT2D eigenvalue weighted by Crippen LogP contribution is -2.35. The Labute approximate surface area is 100 Å². The molecule has 1 N–H and O–H groups in total. The van der Waals surface area contributed by atoms with Crippen LogP contribution in [0.1, 0.15) is 0 Å². The predicted molar refractivity (Wildman–Crippen MR) is 54.6 cm³/mol. The van der Waals surface area contributed by atoms with Crippen LogP contribution in [0.2, 0.25) is 0 Å². The number of nitrogens with one attached hydrogen (secondary N) is 1. The minimum atomic E-state index is -4.17. The van der Waals surface area contributed by atoms with E-state index >= 15 is 0 Å². The minimum absolute atomic E-state index is 0.0599. The normalized spacial score (nSPS) is 11.5. The fourth-order valence-corrected chi connectivity index (χ4v) is 0.966. The molecule has 9 heteroatoms. The quantitative estimate of drug-likeness (QED) is 0.798. The molecule has 0 spiro atoms. The van der Waals surface area contributed by atoms with E-state index in [0.717, 1.165) is 0 Å². The molecular formula is C9H11F4N3O2. The van der Waals surface area contributed by atoms with Gasteiger partial charge in [-0.25, -0.2) is 8.78 Å². The SMILES string of the molecule is COc1cc(OC)nc(NCC(F)(F)C(F)F)n1. The van der Waals surface area contributed by atoms with E-state index in [9.17, 15) is 17.6 Å². The Hall–Kier alpha value is -1.80. The Morgan fingerprint density at radius 1 is 1.22 bits per heavy atom. The zero-order chi connectivity index (χ0) is 13.8. The van der Waals surface area contributed by atoms with Crippen LogP contribution in [0.3, 0.4) is 0 Å². The molecule has 102 valence electrons. The molecule has 1 rings (SSSR count). The first kappa shape index (κ1) is 14.3. The molecule has 1 heterocycles. The summed E-state index contributed by atoms with van der Waals surface area (Å²) in [6, 6.07) is 1.32. The van der Waals surface area contributed by atoms with Crippen LogP contribution in [0.25, 0.3) is 0 Å². The summed E-state index contributed by atoms with van der Waals surface area (Å²) < 4.78 is 58.7. The number of alkyl halides is 4. The summed E-state index contributed by atoms with van der Waals surface area (Å²) >= 11 is 0. The molecule has 0 fully saturated rings. The van der Waals surface area contributed by atoms with Crippen LogP contribution in [0.15, 0.2) is 6.07 Å². The van der Waals surface area contributed by atoms with E-state index in [0.29, 0.717) is 0 Å². The Morgan fingerprint density at radius 2 is 1.72 bits per heavy atom. The Bertz CT molecular complexity index is 381. The van der Waals surface area contributed by atoms with Crippen molar-refractivity contribution in [1.29, 1.82) is 0 Å². The maximum atomic E-state index is 12.7. The van der Waals surface area contributed by atoms with E-state index in [2.05, 4.69) is 9.97 Å². The molecule has 0 amide bonds. The lowest BCUT2D eigenvalue weighted by molar-refractivity contribution is -0.117. The fourth-order valence-electron chi connectivity index (χ4n) is 0.966. The van der Waals surface area contributed by atoms with E-state index in [1.54, 1.807) is 0 Å². The van der Waals surface area contributed by atoms with Gasteiger partial charge in [0.15, 0.2) is 0 Å². The average molecular weight is 269 g/mol. The van der Waals surface area contributed by atoms with Gasteiger partial charge in [0.1, 0.15) is 0 Å². The molecule has 1 aromatic rings. The van der Waals surface area contributed by atoms with Crippen molar-refractivity contribution in [3.8, 4) is 11.8 Å². The molecule has 5 nitrogen and oxygen atoms in total. The minimum Gasteiger partial charge on any atom is -0.481 e. The summed E-state index contributed by atoms with van der Waals surface area (Å²) in [5.41, 5.74) is 0. The predicted octanol–water partition coefficient (Wildman–Crippen LogP) is 1.81. The van der Waals surface area contributed by atoms with Crippen molar-refractivity contribution >= 4 is 5.95 Å². The smallest absolute Gasteiger partial charge is 0.324 e. The summed E-state index contributed by atoms with van der Waals surface area (Å²) in [6.45, 7) is -1.29. The monoisotopic (exact) mass is 269 g/mol. The van der Waals surface area contributed by atoms with Crippen LogP contribution >= 0.6 is 0 Å². The van der Waals surface area contributed by atoms with Gasteiger partial charge in [0.05, 0.1) is 26.8 Å². The lowest BCUT2D eigenvalue weighted by Gasteiger charge is -2.16. The highest BCUT2D eigenvalue weighted by molar-refractivity contribution is 5.33. The third-order valence-electron chi connectivity index (χ3n) is 1.90. The highest BCUT2D eigenvalue weighted by Crippen LogP contribution is 2.24. The number of methoxy groups -OCH3 is 2. The van der Waals surface area contributed by atoms with Crippen molar-refractivity contribution < 1.29 is 27.0 Å². The van der Waals surface area contributed by atoms with Crippen molar-refractivity contribution in [1.82, 2.24) is 9.97 Å². The first-order chi connectivity index (χ1) is 8.39. The van der Waals surface area contributed by atoms with Gasteiger partial charge in [-0.1, -0.05) is 0 Å². The van der Waals surface area contributed by atoms with Crippen molar-refractivity contribution in [2.24, 2.45) is 0 Å². The zero-order valence-corrected chi connectivity index (χ0v) is 9.58. The summed E-state index contributed by atoms with van der Waals surface area (Å²) in [5, 5.41) is 2.00. The fraction of sp³-hybridized carbons (Fsp3) is 0.556. The Kier molecular flexibility index (Phi) is 4.51. The van der Waals surface area contributed by atoms with Gasteiger partial charge in [-0.2, -0.15) is 18.7 Å². The molecule has 0 aliphatic carbocycles. The summed E-state index contributed by atoms with van der Waals surface area (Å²) in [5.74, 6) is -4.33. The van der Waals surface area contributed by atoms with Gasteiger partial charge in [0.25, 0.3) is 0 Å². The number of ether oxygens (including phenoxy) is 2. The van der Waals surface area contributed by atoms with Gasteiger partial charge < -0.3 is 14.8 Å². The van der Waals surface area contributed by atoms with Gasteiger partial charge >= 0.3 is 12.3 Å². The first-order valence-corrected chi connectivity index (χ1v) is 4.76. The molecule has 1 aromatic heterocycles. The second kappa shape index (κ2) is 5.69. The summed E-state index contributed by atoms with van der Waals surface area (Å²) in [7, 11) is 2.61. The van der Waals surface area contributed by atoms with E-state index in [4.69, 9.17) is 9.47 Å². The number of anilines is 1. The van der Waals surface area contributed by atoms with E-state index < -0.39 is 18.9 Å². The molecule has 18 heavy (non-hydrogen) atoms. The Balaban J connectivity index is 2.78. The van der Waals surface area contributed by atoms with E-state index in [1.807, 2.05) is 5.32 Å². The molecule has 0 unspecified atom stereocenters. The third kappa shape index (κ3) is 3.60. The largest absolute Gasteiger partial charge is 0.481 e. The molecule has 0 saturated heterocycles. The number of hydrogen-bond donors (Lipinski definition) is 1. The van der Waals surface area contributed by atoms with E-state index in [1.165, 1.54) is 20.3 Å². The van der Waals surface area contributed by atoms with Crippen LogP contribution < -0.4 is 14.8 Å². The molecule has 0 bridgehead atoms. The molecule has 0 aliphatic rings. The number of aromatic nitrogens is 2. The van der Waals surface area contributed by atoms with Crippen molar-refractivity contribution in [3.05, 3.63) is 6.07 Å². The number of hydrogen-bond acceptors (Lipinski definition) is 5. The number of nitrogens with zero attached hydrogens (tertiary/aromatic N) is 2. The van der Waals surface area contributed by atoms with Crippen LogP contribution in [0.4, 0.5) is 23.5 Å². The molecule has 0 atom stereocenters. The highest BCUT2D eigenvalue weighted by atomic mass is 19.3. The zero-order valence-electron chi connectivity index (χ0n) is 9.58. The van der Waals surface area contributed by atoms with Crippen LogP contribution in [-0.2, 0) is 0 Å². The van der Waals surface area contributed by atoms with Crippen LogP contribution in [0.5, 0.6) is 11.8 Å². The molecule has 0 saturated carbocycles. The first-order valence-electron chi connectivity index (χ1n) is 4.76. The van der Waals surface area contributed by atoms with E-state index in [-0.39, 0.29) is 17.7 Å². The second-order valence-electron chi connectivity index (χ2n) is 3.19. The van der Waals surface area contributed by atoms with Crippen molar-refractivity contribution in [2.75, 3.05) is 26.1 Å². The average Bonchev–Trinajstić information content (AvgIpc) is 2.35. The van der Waals surface area contributed by atoms with Crippen LogP contribution in [0, 0.1) is 0 Å². The highest BCUT2D eigenvalue weighted by Gasteiger charge is 2.40. The molecule has 0 aliphatic heterocycles. The second-order valence-corrected chi connectivity index (χ2v) is 3.19. The van der Waals surface area contributed by atoms with Gasteiger partial charge in [-0.05, 0) is 0 Å². The van der Waals surface area contributed by atoms with Crippen molar-refractivity contribution in [2.45, 2.75) is 12.3 Å². The lowest BCUT2D eigenvalue weighted by atomic mass is 10.3. The van der Waals surface area contributed by atoms with Gasteiger partial charge in [0.2, 0.25) is 17.7 Å². The maximum absolute atomic E-state index is 12.7. The standard InChI is InChI=1S/C9H11F4N3O2/c1-17-5-3-6(18-2)16-8(15-5)14-4-9(12,13)7(10)11/h3,7H,4H2,1-2H3,(H,14,15,16). The molecule has 0 radical (unpaired) electrons. The van der Waals surface area contributed by atoms with Gasteiger partial charge in [0, 0.05) is 0 Å². The molecular weight excluding hydrogens is 258 g/mol. The van der Waals surface area contributed by atoms with Gasteiger partial charge in [-0.15, -0.1) is 0 Å². The van der Waals surface area contributed by atoms with Gasteiger partial charge in [-0.3, -0.25) is 0 Å². The van der Waals surface area contributed by atoms with Crippen LogP contribution in [-0.4, -0.2) is 43.1 Å². The third-order valence-corrected chi connectivity index (χ3v) is 1.90. The topological polar surface area (TPSA) is 56.3 Å². The number of halogens is 4.